The molecule has 1 heterocycles. The van der Waals surface area contributed by atoms with Crippen molar-refractivity contribution in [3.05, 3.63) is 23.0 Å². The third kappa shape index (κ3) is 3.35. The lowest BCUT2D eigenvalue weighted by atomic mass is 10.3. The Bertz CT molecular complexity index is 675. The average molecular weight is 369 g/mol. The molecule has 0 aliphatic heterocycles. The molecule has 1 fully saturated rings. The van der Waals surface area contributed by atoms with Crippen LogP contribution >= 0.6 is 28.3 Å². The molecule has 0 saturated heterocycles. The molecule has 1 aromatic carbocycles. The van der Waals surface area contributed by atoms with Crippen molar-refractivity contribution < 1.29 is 17.9 Å². The molecule has 110 valence electrons. The first-order valence-electron chi connectivity index (χ1n) is 5.86. The van der Waals surface area contributed by atoms with E-state index in [1.165, 1.54) is 36.3 Å². The van der Waals surface area contributed by atoms with Gasteiger partial charge in [-0.1, -0.05) is 11.3 Å². The van der Waals surface area contributed by atoms with Crippen LogP contribution in [0.2, 0.25) is 0 Å². The molecule has 20 heavy (non-hydrogen) atoms. The Kier molecular flexibility index (Phi) is 4.15. The molecule has 0 spiro atoms. The number of benzene rings is 1. The van der Waals surface area contributed by atoms with Gasteiger partial charge in [-0.2, -0.15) is 0 Å². The largest absolute Gasteiger partial charge is 0.573 e. The molecule has 1 N–H and O–H groups in total. The second-order valence-electron chi connectivity index (χ2n) is 4.64. The molecule has 0 radical (unpaired) electrons. The summed E-state index contributed by atoms with van der Waals surface area (Å²) in [6.45, 7) is 0.776. The van der Waals surface area contributed by atoms with Crippen molar-refractivity contribution >= 4 is 38.5 Å². The van der Waals surface area contributed by atoms with E-state index in [1.54, 1.807) is 6.07 Å². The highest BCUT2D eigenvalue weighted by Gasteiger charge is 2.31. The van der Waals surface area contributed by atoms with Gasteiger partial charge in [0.25, 0.3) is 0 Å². The fourth-order valence-corrected chi connectivity index (χ4v) is 2.95. The molecule has 2 aromatic rings. The summed E-state index contributed by atoms with van der Waals surface area (Å²) in [4.78, 5) is 0.367. The number of halogens is 4. The van der Waals surface area contributed by atoms with Gasteiger partial charge >= 0.3 is 6.36 Å². The number of hydrogen-bond donors (Lipinski definition) is 1. The van der Waals surface area contributed by atoms with Crippen molar-refractivity contribution in [3.8, 4) is 5.75 Å². The maximum absolute atomic E-state index is 12.1. The summed E-state index contributed by atoms with van der Waals surface area (Å²) >= 11 is 1.17. The minimum Gasteiger partial charge on any atom is -0.406 e. The first-order valence-corrected chi connectivity index (χ1v) is 6.68. The van der Waals surface area contributed by atoms with Crippen LogP contribution in [0.4, 0.5) is 13.2 Å². The van der Waals surface area contributed by atoms with Gasteiger partial charge in [0, 0.05) is 6.54 Å². The summed E-state index contributed by atoms with van der Waals surface area (Å²) in [5.74, 6) is 0.373. The first kappa shape index (κ1) is 15.4. The first-order chi connectivity index (χ1) is 8.92. The Balaban J connectivity index is 0.00000147. The van der Waals surface area contributed by atoms with Gasteiger partial charge in [-0.15, -0.1) is 30.2 Å². The lowest BCUT2D eigenvalue weighted by molar-refractivity contribution is -0.274. The number of rotatable bonds is 3. The number of ether oxygens (including phenoxy) is 1. The zero-order valence-corrected chi connectivity index (χ0v) is 12.8. The van der Waals surface area contributed by atoms with Gasteiger partial charge in [0.05, 0.1) is 10.2 Å². The highest BCUT2D eigenvalue weighted by atomic mass is 79.9. The van der Waals surface area contributed by atoms with Crippen molar-refractivity contribution in [3.63, 3.8) is 0 Å². The zero-order valence-electron chi connectivity index (χ0n) is 10.2. The SMILES string of the molecule is Br.N=c1sc2cc(OC(F)(F)F)ccc2n1CC1CC1. The fourth-order valence-electron chi connectivity index (χ4n) is 2.00. The van der Waals surface area contributed by atoms with Crippen molar-refractivity contribution in [1.82, 2.24) is 4.57 Å². The van der Waals surface area contributed by atoms with Gasteiger partial charge in [-0.25, -0.2) is 0 Å². The molecule has 1 aromatic heterocycles. The lowest BCUT2D eigenvalue weighted by Crippen LogP contribution is -2.17. The second-order valence-corrected chi connectivity index (χ2v) is 5.67. The van der Waals surface area contributed by atoms with Crippen LogP contribution in [0, 0.1) is 11.3 Å². The maximum Gasteiger partial charge on any atom is 0.573 e. The van der Waals surface area contributed by atoms with E-state index in [1.807, 2.05) is 4.57 Å². The van der Waals surface area contributed by atoms with Crippen LogP contribution in [-0.4, -0.2) is 10.9 Å². The van der Waals surface area contributed by atoms with Crippen molar-refractivity contribution in [2.45, 2.75) is 25.7 Å². The Hall–Kier alpha value is -1.02. The standard InChI is InChI=1S/C12H11F3N2OS.BrH/c13-12(14,15)18-8-3-4-9-10(5-8)19-11(16)17(9)6-7-1-2-7;/h3-5,7,16H,1-2,6H2;1H. The highest BCUT2D eigenvalue weighted by molar-refractivity contribution is 8.93. The molecular formula is C12H12BrF3N2OS. The predicted molar refractivity (Wildman–Crippen MR) is 75.4 cm³/mol. The topological polar surface area (TPSA) is 38.0 Å². The van der Waals surface area contributed by atoms with Gasteiger partial charge in [-0.05, 0) is 37.0 Å². The molecule has 1 saturated carbocycles. The molecule has 1 aliphatic carbocycles. The summed E-state index contributed by atoms with van der Waals surface area (Å²) in [6.07, 6.45) is -2.35. The van der Waals surface area contributed by atoms with E-state index in [4.69, 9.17) is 5.41 Å². The van der Waals surface area contributed by atoms with E-state index in [9.17, 15) is 13.2 Å². The molecule has 3 rings (SSSR count). The highest BCUT2D eigenvalue weighted by Crippen LogP contribution is 2.33. The van der Waals surface area contributed by atoms with E-state index in [2.05, 4.69) is 4.74 Å². The van der Waals surface area contributed by atoms with Crippen LogP contribution in [0.5, 0.6) is 5.75 Å². The third-order valence-corrected chi connectivity index (χ3v) is 4.01. The minimum atomic E-state index is -4.68. The summed E-state index contributed by atoms with van der Waals surface area (Å²) < 4.78 is 42.8. The minimum absolute atomic E-state index is 0. The van der Waals surface area contributed by atoms with Crippen LogP contribution in [0.3, 0.4) is 0 Å². The van der Waals surface area contributed by atoms with Crippen molar-refractivity contribution in [2.75, 3.05) is 0 Å². The Morgan fingerprint density at radius 3 is 2.65 bits per heavy atom. The van der Waals surface area contributed by atoms with Gasteiger partial charge in [-0.3, -0.25) is 5.41 Å². The molecule has 1 aliphatic rings. The lowest BCUT2D eigenvalue weighted by Gasteiger charge is -2.09. The van der Waals surface area contributed by atoms with E-state index < -0.39 is 6.36 Å². The van der Waals surface area contributed by atoms with E-state index >= 15 is 0 Å². The van der Waals surface area contributed by atoms with Crippen LogP contribution < -0.4 is 9.54 Å². The second kappa shape index (κ2) is 5.40. The number of aromatic nitrogens is 1. The normalized spacial score (nSPS) is 15.2. The predicted octanol–water partition coefficient (Wildman–Crippen LogP) is 4.07. The van der Waals surface area contributed by atoms with Gasteiger partial charge in [0.2, 0.25) is 0 Å². The maximum atomic E-state index is 12.1. The number of nitrogens with zero attached hydrogens (tertiary/aromatic N) is 1. The molecule has 8 heteroatoms. The Labute approximate surface area is 127 Å². The molecular weight excluding hydrogens is 357 g/mol. The summed E-state index contributed by atoms with van der Waals surface area (Å²) in [7, 11) is 0. The number of nitrogens with one attached hydrogen (secondary N) is 1. The monoisotopic (exact) mass is 368 g/mol. The Morgan fingerprint density at radius 1 is 1.35 bits per heavy atom. The van der Waals surface area contributed by atoms with Gasteiger partial charge < -0.3 is 9.30 Å². The van der Waals surface area contributed by atoms with Gasteiger partial charge in [0.15, 0.2) is 4.80 Å². The molecule has 0 unspecified atom stereocenters. The fraction of sp³-hybridized carbons (Fsp3) is 0.417. The molecule has 0 atom stereocenters. The number of thiazole rings is 1. The van der Waals surface area contributed by atoms with Crippen molar-refractivity contribution in [1.29, 1.82) is 5.41 Å². The number of hydrogen-bond acceptors (Lipinski definition) is 3. The third-order valence-electron chi connectivity index (χ3n) is 3.05. The quantitative estimate of drug-likeness (QED) is 0.871. The Morgan fingerprint density at radius 2 is 2.05 bits per heavy atom. The van der Waals surface area contributed by atoms with Crippen LogP contribution in [-0.2, 0) is 6.54 Å². The van der Waals surface area contributed by atoms with Gasteiger partial charge in [0.1, 0.15) is 5.75 Å². The summed E-state index contributed by atoms with van der Waals surface area (Å²) in [5, 5.41) is 7.89. The van der Waals surface area contributed by atoms with Crippen LogP contribution in [0.1, 0.15) is 12.8 Å². The summed E-state index contributed by atoms with van der Waals surface area (Å²) in [6, 6.07) is 4.23. The van der Waals surface area contributed by atoms with Crippen molar-refractivity contribution in [2.24, 2.45) is 5.92 Å². The molecule has 0 amide bonds. The van der Waals surface area contributed by atoms with Crippen LogP contribution in [0.15, 0.2) is 18.2 Å². The molecule has 3 nitrogen and oxygen atoms in total. The van der Waals surface area contributed by atoms with E-state index in [0.29, 0.717) is 15.4 Å². The molecule has 0 bridgehead atoms. The summed E-state index contributed by atoms with van der Waals surface area (Å²) in [5.41, 5.74) is 0.802. The zero-order chi connectivity index (χ0) is 13.6. The van der Waals surface area contributed by atoms with E-state index in [0.717, 1.165) is 12.1 Å². The number of fused-ring (bicyclic) bond motifs is 1. The van der Waals surface area contributed by atoms with Crippen LogP contribution in [0.25, 0.3) is 10.2 Å². The van der Waals surface area contributed by atoms with E-state index in [-0.39, 0.29) is 22.7 Å². The number of alkyl halides is 3. The average Bonchev–Trinajstić information content (AvgIpc) is 3.03. The smallest absolute Gasteiger partial charge is 0.406 e.